The lowest BCUT2D eigenvalue weighted by Gasteiger charge is -2.44. The van der Waals surface area contributed by atoms with Crippen molar-refractivity contribution in [3.05, 3.63) is 167 Å². The standard InChI is InChI=1S/C45H50N4O4/c1-33-42(31-49-26-24-48(25-27-49)30-35-12-6-3-7-13-35)52-44(53-43(33)38-18-16-36(32-50)17-19-38)39-22-20-37(21-23-39)41-15-9-8-14-40(41)29-47-45(51)46-28-34-10-4-2-5-11-34/h2-23,33,42-44,50H,24-32H2,1H3,(H2,46,47,51). The summed E-state index contributed by atoms with van der Waals surface area (Å²) in [5, 5.41) is 15.6. The molecule has 2 fully saturated rings. The first-order valence-electron chi connectivity index (χ1n) is 18.8. The van der Waals surface area contributed by atoms with Crippen molar-refractivity contribution in [3.8, 4) is 11.1 Å². The van der Waals surface area contributed by atoms with E-state index in [0.29, 0.717) is 13.1 Å². The van der Waals surface area contributed by atoms with Gasteiger partial charge in [-0.3, -0.25) is 9.80 Å². The molecule has 5 aromatic carbocycles. The Balaban J connectivity index is 1.02. The molecule has 53 heavy (non-hydrogen) atoms. The Labute approximate surface area is 313 Å². The normalized spacial score (nSPS) is 20.9. The van der Waals surface area contributed by atoms with E-state index in [1.165, 1.54) is 5.56 Å². The molecule has 0 saturated carbocycles. The van der Waals surface area contributed by atoms with Gasteiger partial charge in [0.25, 0.3) is 0 Å². The second-order valence-corrected chi connectivity index (χ2v) is 14.2. The second-order valence-electron chi connectivity index (χ2n) is 14.2. The molecule has 2 saturated heterocycles. The van der Waals surface area contributed by atoms with Crippen LogP contribution in [0.5, 0.6) is 0 Å². The number of urea groups is 1. The number of benzene rings is 5. The lowest BCUT2D eigenvalue weighted by atomic mass is 9.89. The molecule has 3 N–H and O–H groups in total. The van der Waals surface area contributed by atoms with E-state index < -0.39 is 6.29 Å². The van der Waals surface area contributed by atoms with Gasteiger partial charge in [-0.25, -0.2) is 4.79 Å². The van der Waals surface area contributed by atoms with E-state index in [1.807, 2.05) is 60.7 Å². The summed E-state index contributed by atoms with van der Waals surface area (Å²) in [6.45, 7) is 8.99. The summed E-state index contributed by atoms with van der Waals surface area (Å²) in [4.78, 5) is 17.7. The molecule has 0 spiro atoms. The van der Waals surface area contributed by atoms with Crippen LogP contribution in [0.1, 0.15) is 52.7 Å². The quantitative estimate of drug-likeness (QED) is 0.125. The maximum Gasteiger partial charge on any atom is 0.315 e. The summed E-state index contributed by atoms with van der Waals surface area (Å²) in [6, 6.07) is 45.1. The highest BCUT2D eigenvalue weighted by molar-refractivity contribution is 5.75. The fourth-order valence-electron chi connectivity index (χ4n) is 7.35. The zero-order chi connectivity index (χ0) is 36.4. The van der Waals surface area contributed by atoms with Crippen molar-refractivity contribution in [3.63, 3.8) is 0 Å². The van der Waals surface area contributed by atoms with E-state index in [1.54, 1.807) is 0 Å². The first-order chi connectivity index (χ1) is 26.0. The average molecular weight is 711 g/mol. The van der Waals surface area contributed by atoms with Gasteiger partial charge in [0.2, 0.25) is 0 Å². The molecule has 7 rings (SSSR count). The summed E-state index contributed by atoms with van der Waals surface area (Å²) in [6.07, 6.45) is -0.723. The van der Waals surface area contributed by atoms with Crippen LogP contribution in [0.2, 0.25) is 0 Å². The van der Waals surface area contributed by atoms with Crippen LogP contribution in [0.3, 0.4) is 0 Å². The number of aliphatic hydroxyl groups is 1. The largest absolute Gasteiger partial charge is 0.392 e. The highest BCUT2D eigenvalue weighted by Gasteiger charge is 2.39. The van der Waals surface area contributed by atoms with Crippen molar-refractivity contribution in [1.82, 2.24) is 20.4 Å². The van der Waals surface area contributed by atoms with Gasteiger partial charge in [-0.05, 0) is 38.9 Å². The average Bonchev–Trinajstić information content (AvgIpc) is 3.22. The molecule has 2 aliphatic rings. The number of nitrogens with one attached hydrogen (secondary N) is 2. The Morgan fingerprint density at radius 3 is 1.96 bits per heavy atom. The van der Waals surface area contributed by atoms with Crippen molar-refractivity contribution < 1.29 is 19.4 Å². The van der Waals surface area contributed by atoms with Crippen molar-refractivity contribution in [1.29, 1.82) is 0 Å². The van der Waals surface area contributed by atoms with Gasteiger partial charge >= 0.3 is 6.03 Å². The predicted molar refractivity (Wildman–Crippen MR) is 209 cm³/mol. The smallest absolute Gasteiger partial charge is 0.315 e. The number of ether oxygens (including phenoxy) is 2. The van der Waals surface area contributed by atoms with Gasteiger partial charge in [0.1, 0.15) is 0 Å². The van der Waals surface area contributed by atoms with Crippen molar-refractivity contribution in [2.45, 2.75) is 51.7 Å². The lowest BCUT2D eigenvalue weighted by Crippen LogP contribution is -2.51. The number of carbonyl (C=O) groups is 1. The number of aliphatic hydroxyl groups excluding tert-OH is 1. The molecular formula is C45H50N4O4. The predicted octanol–water partition coefficient (Wildman–Crippen LogP) is 7.45. The Hall–Kier alpha value is -4.83. The molecule has 4 unspecified atom stereocenters. The minimum absolute atomic E-state index is 0.0129. The number of hydrogen-bond donors (Lipinski definition) is 3. The van der Waals surface area contributed by atoms with Crippen LogP contribution in [0.4, 0.5) is 4.79 Å². The summed E-state index contributed by atoms with van der Waals surface area (Å²) >= 11 is 0. The highest BCUT2D eigenvalue weighted by atomic mass is 16.7. The first kappa shape index (κ1) is 36.5. The lowest BCUT2D eigenvalue weighted by molar-refractivity contribution is -0.276. The van der Waals surface area contributed by atoms with Gasteiger partial charge in [0.15, 0.2) is 6.29 Å². The Kier molecular flexibility index (Phi) is 12.3. The molecule has 8 heteroatoms. The fraction of sp³-hybridized carbons (Fsp3) is 0.311. The monoisotopic (exact) mass is 710 g/mol. The van der Waals surface area contributed by atoms with Crippen molar-refractivity contribution in [2.75, 3.05) is 32.7 Å². The fourth-order valence-corrected chi connectivity index (χ4v) is 7.35. The van der Waals surface area contributed by atoms with Crippen LogP contribution < -0.4 is 10.6 Å². The van der Waals surface area contributed by atoms with E-state index in [0.717, 1.165) is 78.2 Å². The number of hydrogen-bond acceptors (Lipinski definition) is 6. The van der Waals surface area contributed by atoms with Crippen molar-refractivity contribution >= 4 is 6.03 Å². The molecule has 5 aromatic rings. The highest BCUT2D eigenvalue weighted by Crippen LogP contribution is 2.42. The summed E-state index contributed by atoms with van der Waals surface area (Å²) in [5.74, 6) is 0.122. The third-order valence-corrected chi connectivity index (χ3v) is 10.5. The molecule has 0 radical (unpaired) electrons. The third kappa shape index (κ3) is 9.59. The summed E-state index contributed by atoms with van der Waals surface area (Å²) in [7, 11) is 0. The Morgan fingerprint density at radius 1 is 0.660 bits per heavy atom. The van der Waals surface area contributed by atoms with Gasteiger partial charge in [0.05, 0.1) is 18.8 Å². The number of nitrogens with zero attached hydrogens (tertiary/aromatic N) is 2. The maximum absolute atomic E-state index is 12.6. The molecule has 2 amide bonds. The molecule has 2 heterocycles. The molecule has 0 bridgehead atoms. The zero-order valence-electron chi connectivity index (χ0n) is 30.4. The van der Waals surface area contributed by atoms with E-state index in [2.05, 4.69) is 100 Å². The van der Waals surface area contributed by atoms with Crippen LogP contribution in [-0.2, 0) is 35.7 Å². The van der Waals surface area contributed by atoms with E-state index >= 15 is 0 Å². The molecule has 8 nitrogen and oxygen atoms in total. The molecule has 4 atom stereocenters. The zero-order valence-corrected chi connectivity index (χ0v) is 30.4. The summed E-state index contributed by atoms with van der Waals surface area (Å²) < 4.78 is 13.6. The molecular weight excluding hydrogens is 661 g/mol. The Bertz CT molecular complexity index is 1880. The topological polar surface area (TPSA) is 86.3 Å². The van der Waals surface area contributed by atoms with Gasteiger partial charge in [-0.15, -0.1) is 0 Å². The molecule has 0 aliphatic carbocycles. The van der Waals surface area contributed by atoms with E-state index in [4.69, 9.17) is 9.47 Å². The van der Waals surface area contributed by atoms with Crippen LogP contribution in [0, 0.1) is 5.92 Å². The second kappa shape index (κ2) is 17.8. The Morgan fingerprint density at radius 2 is 1.26 bits per heavy atom. The van der Waals surface area contributed by atoms with Gasteiger partial charge in [-0.2, -0.15) is 0 Å². The number of rotatable bonds is 12. The van der Waals surface area contributed by atoms with E-state index in [9.17, 15) is 9.90 Å². The third-order valence-electron chi connectivity index (χ3n) is 10.5. The van der Waals surface area contributed by atoms with Crippen LogP contribution in [0.25, 0.3) is 11.1 Å². The molecule has 2 aliphatic heterocycles. The van der Waals surface area contributed by atoms with Crippen LogP contribution in [-0.4, -0.2) is 59.8 Å². The number of piperazine rings is 1. The number of amides is 2. The maximum atomic E-state index is 12.6. The SMILES string of the molecule is CC1C(CN2CCN(Cc3ccccc3)CC2)OC(c2ccc(-c3ccccc3CNC(=O)NCc3ccccc3)cc2)OC1c1ccc(CO)cc1. The van der Waals surface area contributed by atoms with Gasteiger partial charge < -0.3 is 25.2 Å². The van der Waals surface area contributed by atoms with Crippen LogP contribution >= 0.6 is 0 Å². The molecule has 274 valence electrons. The minimum Gasteiger partial charge on any atom is -0.392 e. The summed E-state index contributed by atoms with van der Waals surface area (Å²) in [5.41, 5.74) is 8.50. The van der Waals surface area contributed by atoms with Gasteiger partial charge in [-0.1, -0.05) is 140 Å². The number of carbonyl (C=O) groups excluding carboxylic acids is 1. The van der Waals surface area contributed by atoms with Crippen LogP contribution in [0.15, 0.2) is 133 Å². The molecule has 0 aromatic heterocycles. The van der Waals surface area contributed by atoms with Crippen molar-refractivity contribution in [2.24, 2.45) is 5.92 Å². The van der Waals surface area contributed by atoms with E-state index in [-0.39, 0.29) is 30.8 Å². The minimum atomic E-state index is -0.530. The van der Waals surface area contributed by atoms with Gasteiger partial charge in [0, 0.05) is 63.8 Å². The first-order valence-corrected chi connectivity index (χ1v) is 18.8.